The number of carbonyl (C=O) groups excluding carboxylic acids is 1. The second-order valence-electron chi connectivity index (χ2n) is 4.25. The lowest BCUT2D eigenvalue weighted by Gasteiger charge is -2.05. The molecule has 2 aromatic rings. The van der Waals surface area contributed by atoms with Crippen LogP contribution in [0.4, 0.5) is 0 Å². The highest BCUT2D eigenvalue weighted by Crippen LogP contribution is 2.10. The van der Waals surface area contributed by atoms with Crippen LogP contribution in [0.15, 0.2) is 30.5 Å². The Kier molecular flexibility index (Phi) is 3.84. The number of ketones is 1. The molecule has 0 spiro atoms. The Morgan fingerprint density at radius 3 is 2.61 bits per heavy atom. The molecule has 1 heterocycles. The molecule has 5 nitrogen and oxygen atoms in total. The van der Waals surface area contributed by atoms with Crippen molar-refractivity contribution in [2.24, 2.45) is 12.8 Å². The number of carbonyl (C=O) groups is 1. The highest BCUT2D eigenvalue weighted by atomic mass is 16.1. The monoisotopic (exact) mass is 244 g/mol. The summed E-state index contributed by atoms with van der Waals surface area (Å²) in [6.45, 7) is 0.453. The standard InChI is InChI=1S/C13H16N4O/c1-17-9-12(15-16-17)7-13(18)6-10-4-2-3-5-11(10)8-14/h2-5,9H,6-8,14H2,1H3. The summed E-state index contributed by atoms with van der Waals surface area (Å²) >= 11 is 0. The third-order valence-electron chi connectivity index (χ3n) is 2.75. The van der Waals surface area contributed by atoms with Crippen molar-refractivity contribution in [1.82, 2.24) is 15.0 Å². The quantitative estimate of drug-likeness (QED) is 0.837. The predicted molar refractivity (Wildman–Crippen MR) is 67.8 cm³/mol. The normalized spacial score (nSPS) is 10.6. The van der Waals surface area contributed by atoms with Crippen LogP contribution in [0.5, 0.6) is 0 Å². The first-order chi connectivity index (χ1) is 8.69. The highest BCUT2D eigenvalue weighted by Gasteiger charge is 2.10. The van der Waals surface area contributed by atoms with Gasteiger partial charge in [-0.3, -0.25) is 9.48 Å². The largest absolute Gasteiger partial charge is 0.326 e. The summed E-state index contributed by atoms with van der Waals surface area (Å²) in [5, 5.41) is 7.71. The second kappa shape index (κ2) is 5.55. The number of hydrogen-bond donors (Lipinski definition) is 1. The molecule has 94 valence electrons. The lowest BCUT2D eigenvalue weighted by Crippen LogP contribution is -2.10. The average molecular weight is 244 g/mol. The van der Waals surface area contributed by atoms with Crippen molar-refractivity contribution >= 4 is 5.78 Å². The number of rotatable bonds is 5. The first-order valence-corrected chi connectivity index (χ1v) is 5.83. The second-order valence-corrected chi connectivity index (χ2v) is 4.25. The topological polar surface area (TPSA) is 73.8 Å². The molecule has 1 aromatic heterocycles. The summed E-state index contributed by atoms with van der Waals surface area (Å²) in [6, 6.07) is 7.74. The van der Waals surface area contributed by atoms with Gasteiger partial charge in [0.15, 0.2) is 0 Å². The SMILES string of the molecule is Cn1cc(CC(=O)Cc2ccccc2CN)nn1. The number of nitrogens with two attached hydrogens (primary N) is 1. The molecule has 0 unspecified atom stereocenters. The molecule has 2 N–H and O–H groups in total. The Morgan fingerprint density at radius 2 is 2.00 bits per heavy atom. The van der Waals surface area contributed by atoms with Crippen molar-refractivity contribution in [3.8, 4) is 0 Å². The zero-order valence-corrected chi connectivity index (χ0v) is 10.3. The van der Waals surface area contributed by atoms with Crippen molar-refractivity contribution in [2.45, 2.75) is 19.4 Å². The Hall–Kier alpha value is -2.01. The zero-order chi connectivity index (χ0) is 13.0. The van der Waals surface area contributed by atoms with E-state index in [4.69, 9.17) is 5.73 Å². The number of hydrogen-bond acceptors (Lipinski definition) is 4. The molecule has 0 atom stereocenters. The van der Waals surface area contributed by atoms with Gasteiger partial charge in [0.05, 0.1) is 12.1 Å². The fourth-order valence-corrected chi connectivity index (χ4v) is 1.88. The molecular formula is C13H16N4O. The van der Waals surface area contributed by atoms with Gasteiger partial charge in [-0.1, -0.05) is 29.5 Å². The molecule has 2 rings (SSSR count). The zero-order valence-electron chi connectivity index (χ0n) is 10.3. The van der Waals surface area contributed by atoms with Crippen molar-refractivity contribution in [1.29, 1.82) is 0 Å². The fraction of sp³-hybridized carbons (Fsp3) is 0.308. The van der Waals surface area contributed by atoms with Crippen LogP contribution in [0.1, 0.15) is 16.8 Å². The summed E-state index contributed by atoms with van der Waals surface area (Å²) in [7, 11) is 1.78. The Balaban J connectivity index is 2.03. The first-order valence-electron chi connectivity index (χ1n) is 5.83. The van der Waals surface area contributed by atoms with E-state index in [0.29, 0.717) is 25.1 Å². The van der Waals surface area contributed by atoms with Crippen LogP contribution in [0.3, 0.4) is 0 Å². The van der Waals surface area contributed by atoms with Gasteiger partial charge in [-0.2, -0.15) is 0 Å². The Morgan fingerprint density at radius 1 is 1.28 bits per heavy atom. The molecule has 0 saturated carbocycles. The van der Waals surface area contributed by atoms with Crippen molar-refractivity contribution in [3.63, 3.8) is 0 Å². The van der Waals surface area contributed by atoms with E-state index in [1.54, 1.807) is 17.9 Å². The van der Waals surface area contributed by atoms with Crippen LogP contribution in [0.2, 0.25) is 0 Å². The molecule has 0 saturated heterocycles. The maximum Gasteiger partial charge on any atom is 0.143 e. The Labute approximate surface area is 106 Å². The molecule has 1 aromatic carbocycles. The average Bonchev–Trinajstić information content (AvgIpc) is 2.75. The molecule has 0 bridgehead atoms. The van der Waals surface area contributed by atoms with Crippen molar-refractivity contribution < 1.29 is 4.79 Å². The summed E-state index contributed by atoms with van der Waals surface area (Å²) in [6.07, 6.45) is 2.46. The summed E-state index contributed by atoms with van der Waals surface area (Å²) < 4.78 is 1.59. The first kappa shape index (κ1) is 12.4. The van der Waals surface area contributed by atoms with Crippen LogP contribution < -0.4 is 5.73 Å². The Bertz CT molecular complexity index is 547. The molecule has 0 aliphatic rings. The van der Waals surface area contributed by atoms with Crippen LogP contribution in [0, 0.1) is 0 Å². The van der Waals surface area contributed by atoms with Gasteiger partial charge in [0.25, 0.3) is 0 Å². The van der Waals surface area contributed by atoms with E-state index in [1.807, 2.05) is 24.3 Å². The lowest BCUT2D eigenvalue weighted by atomic mass is 10.0. The van der Waals surface area contributed by atoms with Gasteiger partial charge in [0.2, 0.25) is 0 Å². The van der Waals surface area contributed by atoms with E-state index in [9.17, 15) is 4.79 Å². The van der Waals surface area contributed by atoms with Gasteiger partial charge in [-0.25, -0.2) is 0 Å². The number of nitrogens with zero attached hydrogens (tertiary/aromatic N) is 3. The van der Waals surface area contributed by atoms with E-state index in [2.05, 4.69) is 10.3 Å². The number of aryl methyl sites for hydroxylation is 1. The van der Waals surface area contributed by atoms with Crippen LogP contribution in [0.25, 0.3) is 0 Å². The van der Waals surface area contributed by atoms with E-state index in [0.717, 1.165) is 11.1 Å². The molecule has 5 heteroatoms. The van der Waals surface area contributed by atoms with Gasteiger partial charge in [-0.15, -0.1) is 5.10 Å². The summed E-state index contributed by atoms with van der Waals surface area (Å²) in [4.78, 5) is 11.9. The summed E-state index contributed by atoms with van der Waals surface area (Å²) in [5.74, 6) is 0.122. The summed E-state index contributed by atoms with van der Waals surface area (Å²) in [5.41, 5.74) is 8.36. The lowest BCUT2D eigenvalue weighted by molar-refractivity contribution is -0.117. The van der Waals surface area contributed by atoms with Crippen LogP contribution in [-0.2, 0) is 31.2 Å². The van der Waals surface area contributed by atoms with Crippen molar-refractivity contribution in [3.05, 3.63) is 47.3 Å². The van der Waals surface area contributed by atoms with Gasteiger partial charge >= 0.3 is 0 Å². The maximum atomic E-state index is 11.9. The molecular weight excluding hydrogens is 228 g/mol. The third-order valence-corrected chi connectivity index (χ3v) is 2.75. The minimum absolute atomic E-state index is 0.122. The molecule has 0 fully saturated rings. The highest BCUT2D eigenvalue weighted by molar-refractivity contribution is 5.82. The minimum Gasteiger partial charge on any atom is -0.326 e. The van der Waals surface area contributed by atoms with Gasteiger partial charge in [-0.05, 0) is 11.1 Å². The van der Waals surface area contributed by atoms with Gasteiger partial charge in [0, 0.05) is 26.2 Å². The van der Waals surface area contributed by atoms with E-state index in [-0.39, 0.29) is 5.78 Å². The molecule has 0 aliphatic carbocycles. The van der Waals surface area contributed by atoms with E-state index < -0.39 is 0 Å². The van der Waals surface area contributed by atoms with Gasteiger partial charge in [0.1, 0.15) is 5.78 Å². The van der Waals surface area contributed by atoms with E-state index in [1.165, 1.54) is 0 Å². The molecule has 0 amide bonds. The maximum absolute atomic E-state index is 11.9. The number of aromatic nitrogens is 3. The predicted octanol–water partition coefficient (Wildman–Crippen LogP) is 0.628. The smallest absolute Gasteiger partial charge is 0.143 e. The van der Waals surface area contributed by atoms with Crippen molar-refractivity contribution in [2.75, 3.05) is 0 Å². The fourth-order valence-electron chi connectivity index (χ4n) is 1.88. The molecule has 18 heavy (non-hydrogen) atoms. The van der Waals surface area contributed by atoms with Crippen LogP contribution >= 0.6 is 0 Å². The minimum atomic E-state index is 0.122. The number of benzene rings is 1. The third kappa shape index (κ3) is 3.01. The van der Waals surface area contributed by atoms with E-state index >= 15 is 0 Å². The van der Waals surface area contributed by atoms with Crippen LogP contribution in [-0.4, -0.2) is 20.8 Å². The molecule has 0 aliphatic heterocycles. The molecule has 0 radical (unpaired) electrons. The number of Topliss-reactive ketones (excluding diaryl/α,β-unsaturated/α-hetero) is 1. The van der Waals surface area contributed by atoms with Gasteiger partial charge < -0.3 is 5.73 Å².